The summed E-state index contributed by atoms with van der Waals surface area (Å²) in [7, 11) is 5.41. The Morgan fingerprint density at radius 2 is 2.00 bits per heavy atom. The van der Waals surface area contributed by atoms with Crippen molar-refractivity contribution in [1.82, 2.24) is 15.1 Å². The maximum absolute atomic E-state index is 5.52. The van der Waals surface area contributed by atoms with Gasteiger partial charge in [0.25, 0.3) is 0 Å². The molecule has 1 aliphatic carbocycles. The Bertz CT molecular complexity index is 709. The Morgan fingerprint density at radius 1 is 1.21 bits per heavy atom. The number of benzene rings is 1. The minimum Gasteiger partial charge on any atom is -0.497 e. The van der Waals surface area contributed by atoms with Gasteiger partial charge in [-0.2, -0.15) is 5.10 Å². The lowest BCUT2D eigenvalue weighted by Crippen LogP contribution is -2.21. The van der Waals surface area contributed by atoms with Gasteiger partial charge in [0.2, 0.25) is 0 Å². The number of aromatic nitrogens is 2. The highest BCUT2D eigenvalue weighted by molar-refractivity contribution is 5.42. The summed E-state index contributed by atoms with van der Waals surface area (Å²) >= 11 is 0. The van der Waals surface area contributed by atoms with Crippen LogP contribution in [0, 0.1) is 0 Å². The van der Waals surface area contributed by atoms with Crippen molar-refractivity contribution in [3.05, 3.63) is 40.7 Å². The third kappa shape index (κ3) is 3.26. The molecule has 1 heterocycles. The number of hydrogen-bond donors (Lipinski definition) is 1. The van der Waals surface area contributed by atoms with E-state index >= 15 is 0 Å². The smallest absolute Gasteiger partial charge is 0.127 e. The van der Waals surface area contributed by atoms with E-state index in [1.807, 2.05) is 23.9 Å². The first-order valence-electron chi connectivity index (χ1n) is 8.63. The second kappa shape index (κ2) is 7.26. The Balaban J connectivity index is 1.74. The van der Waals surface area contributed by atoms with E-state index in [-0.39, 0.29) is 6.04 Å². The quantitative estimate of drug-likeness (QED) is 0.884. The van der Waals surface area contributed by atoms with Crippen LogP contribution in [-0.2, 0) is 26.4 Å². The number of nitrogens with zero attached hydrogens (tertiary/aromatic N) is 2. The van der Waals surface area contributed by atoms with Crippen LogP contribution < -0.4 is 14.8 Å². The summed E-state index contributed by atoms with van der Waals surface area (Å²) in [5.74, 6) is 1.66. The van der Waals surface area contributed by atoms with Crippen LogP contribution in [0.15, 0.2) is 18.2 Å². The van der Waals surface area contributed by atoms with Crippen molar-refractivity contribution in [1.29, 1.82) is 0 Å². The lowest BCUT2D eigenvalue weighted by atomic mass is 9.95. The molecular weight excluding hydrogens is 302 g/mol. The minimum absolute atomic E-state index is 0.181. The number of hydrogen-bond acceptors (Lipinski definition) is 4. The number of nitrogens with one attached hydrogen (secondary N) is 1. The van der Waals surface area contributed by atoms with Crippen LogP contribution in [0.25, 0.3) is 0 Å². The Hall–Kier alpha value is -2.01. The number of rotatable bonds is 6. The number of ether oxygens (including phenoxy) is 2. The van der Waals surface area contributed by atoms with Gasteiger partial charge >= 0.3 is 0 Å². The first-order chi connectivity index (χ1) is 11.6. The topological polar surface area (TPSA) is 48.3 Å². The summed E-state index contributed by atoms with van der Waals surface area (Å²) in [5.41, 5.74) is 5.18. The summed E-state index contributed by atoms with van der Waals surface area (Å²) in [5, 5.41) is 8.32. The molecule has 24 heavy (non-hydrogen) atoms. The molecule has 1 N–H and O–H groups in total. The molecule has 5 heteroatoms. The molecule has 5 nitrogen and oxygen atoms in total. The molecule has 2 aromatic rings. The summed E-state index contributed by atoms with van der Waals surface area (Å²) in [6, 6.07) is 6.15. The van der Waals surface area contributed by atoms with E-state index in [2.05, 4.69) is 18.3 Å². The average Bonchev–Trinajstić information content (AvgIpc) is 2.94. The normalized spacial score (nSPS) is 15.0. The number of aryl methyl sites for hydroxylation is 2. The van der Waals surface area contributed by atoms with Crippen LogP contribution in [-0.4, -0.2) is 24.0 Å². The van der Waals surface area contributed by atoms with E-state index in [1.54, 1.807) is 14.2 Å². The zero-order chi connectivity index (χ0) is 17.1. The Labute approximate surface area is 144 Å². The standard InChI is InChI=1S/C19H27N3O2/c1-13(15-10-9-14(23-3)11-19(15)24-4)20-12-18-16-7-5-6-8-17(16)21-22(18)2/h9-11,13,20H,5-8,12H2,1-4H3/t13-/m0/s1. The highest BCUT2D eigenvalue weighted by Gasteiger charge is 2.20. The second-order valence-electron chi connectivity index (χ2n) is 6.41. The predicted octanol–water partition coefficient (Wildman–Crippen LogP) is 3.17. The monoisotopic (exact) mass is 329 g/mol. The van der Waals surface area contributed by atoms with Crippen LogP contribution in [0.4, 0.5) is 0 Å². The lowest BCUT2D eigenvalue weighted by Gasteiger charge is -2.19. The van der Waals surface area contributed by atoms with E-state index in [0.29, 0.717) is 0 Å². The molecule has 0 aliphatic heterocycles. The molecule has 1 aromatic heterocycles. The van der Waals surface area contributed by atoms with Crippen LogP contribution in [0.1, 0.15) is 48.3 Å². The molecule has 0 saturated carbocycles. The lowest BCUT2D eigenvalue weighted by molar-refractivity contribution is 0.385. The maximum atomic E-state index is 5.52. The molecule has 0 unspecified atom stereocenters. The predicted molar refractivity (Wildman–Crippen MR) is 94.7 cm³/mol. The van der Waals surface area contributed by atoms with Gasteiger partial charge in [0, 0.05) is 31.3 Å². The van der Waals surface area contributed by atoms with E-state index in [4.69, 9.17) is 14.6 Å². The van der Waals surface area contributed by atoms with Crippen LogP contribution in [0.3, 0.4) is 0 Å². The molecule has 0 amide bonds. The fourth-order valence-electron chi connectivity index (χ4n) is 3.50. The molecule has 130 valence electrons. The molecule has 1 atom stereocenters. The van der Waals surface area contributed by atoms with Gasteiger partial charge in [-0.3, -0.25) is 4.68 Å². The first kappa shape index (κ1) is 16.8. The van der Waals surface area contributed by atoms with Gasteiger partial charge in [-0.25, -0.2) is 0 Å². The van der Waals surface area contributed by atoms with Gasteiger partial charge in [0.15, 0.2) is 0 Å². The van der Waals surface area contributed by atoms with Crippen molar-refractivity contribution in [2.24, 2.45) is 7.05 Å². The zero-order valence-electron chi connectivity index (χ0n) is 15.1. The van der Waals surface area contributed by atoms with Gasteiger partial charge < -0.3 is 14.8 Å². The van der Waals surface area contributed by atoms with Crippen molar-refractivity contribution in [3.8, 4) is 11.5 Å². The highest BCUT2D eigenvalue weighted by Crippen LogP contribution is 2.30. The van der Waals surface area contributed by atoms with Crippen molar-refractivity contribution >= 4 is 0 Å². The Morgan fingerprint density at radius 3 is 2.75 bits per heavy atom. The maximum Gasteiger partial charge on any atom is 0.127 e. The minimum atomic E-state index is 0.181. The van der Waals surface area contributed by atoms with Gasteiger partial charge in [-0.05, 0) is 44.2 Å². The van der Waals surface area contributed by atoms with Crippen LogP contribution in [0.5, 0.6) is 11.5 Å². The van der Waals surface area contributed by atoms with E-state index < -0.39 is 0 Å². The molecular formula is C19H27N3O2. The van der Waals surface area contributed by atoms with Crippen molar-refractivity contribution in [2.75, 3.05) is 14.2 Å². The SMILES string of the molecule is COc1ccc([C@H](C)NCc2c3c(nn2C)CCCC3)c(OC)c1. The summed E-state index contributed by atoms with van der Waals surface area (Å²) in [6.07, 6.45) is 4.80. The molecule has 0 bridgehead atoms. The Kier molecular flexibility index (Phi) is 5.09. The molecule has 0 spiro atoms. The second-order valence-corrected chi connectivity index (χ2v) is 6.41. The third-order valence-corrected chi connectivity index (χ3v) is 4.93. The number of fused-ring (bicyclic) bond motifs is 1. The van der Waals surface area contributed by atoms with Crippen molar-refractivity contribution in [3.63, 3.8) is 0 Å². The first-order valence-corrected chi connectivity index (χ1v) is 8.63. The largest absolute Gasteiger partial charge is 0.497 e. The van der Waals surface area contributed by atoms with Gasteiger partial charge in [-0.1, -0.05) is 6.07 Å². The van der Waals surface area contributed by atoms with Gasteiger partial charge in [0.05, 0.1) is 25.6 Å². The third-order valence-electron chi connectivity index (χ3n) is 4.93. The van der Waals surface area contributed by atoms with Crippen LogP contribution >= 0.6 is 0 Å². The zero-order valence-corrected chi connectivity index (χ0v) is 15.1. The van der Waals surface area contributed by atoms with E-state index in [0.717, 1.165) is 36.4 Å². The summed E-state index contributed by atoms with van der Waals surface area (Å²) in [4.78, 5) is 0. The van der Waals surface area contributed by atoms with E-state index in [1.165, 1.54) is 29.8 Å². The molecule has 0 radical (unpaired) electrons. The van der Waals surface area contributed by atoms with Crippen LogP contribution in [0.2, 0.25) is 0 Å². The van der Waals surface area contributed by atoms with Crippen molar-refractivity contribution < 1.29 is 9.47 Å². The molecule has 0 fully saturated rings. The molecule has 0 saturated heterocycles. The van der Waals surface area contributed by atoms with Gasteiger partial charge in [0.1, 0.15) is 11.5 Å². The average molecular weight is 329 g/mol. The molecule has 1 aliphatic rings. The van der Waals surface area contributed by atoms with Crippen molar-refractivity contribution in [2.45, 2.75) is 45.2 Å². The fourth-order valence-corrected chi connectivity index (χ4v) is 3.50. The summed E-state index contributed by atoms with van der Waals surface area (Å²) < 4.78 is 12.8. The molecule has 3 rings (SSSR count). The van der Waals surface area contributed by atoms with Gasteiger partial charge in [-0.15, -0.1) is 0 Å². The highest BCUT2D eigenvalue weighted by atomic mass is 16.5. The molecule has 1 aromatic carbocycles. The fraction of sp³-hybridized carbons (Fsp3) is 0.526. The summed E-state index contributed by atoms with van der Waals surface area (Å²) in [6.45, 7) is 2.97. The van der Waals surface area contributed by atoms with E-state index in [9.17, 15) is 0 Å². The number of methoxy groups -OCH3 is 2.